The van der Waals surface area contributed by atoms with Gasteiger partial charge in [0, 0.05) is 18.8 Å². The predicted molar refractivity (Wildman–Crippen MR) is 105 cm³/mol. The first-order chi connectivity index (χ1) is 13.3. The number of ether oxygens (including phenoxy) is 1. The first-order valence-corrected chi connectivity index (χ1v) is 10.4. The molecule has 1 aliphatic rings. The Kier molecular flexibility index (Phi) is 5.85. The standard InChI is InChI=1S/C19H23N3O5S/c1-14-3-6-16(7-4-14)28(25,26)20-17-8-5-15(2)22(19(17)24)13-18(23)21-9-11-27-12-10-21/h3-8,20H,9-13H2,1-2H3. The van der Waals surface area contributed by atoms with Crippen LogP contribution in [-0.2, 0) is 26.1 Å². The average Bonchev–Trinajstić information content (AvgIpc) is 2.68. The number of aryl methyl sites for hydroxylation is 2. The maximum Gasteiger partial charge on any atom is 0.275 e. The molecule has 0 radical (unpaired) electrons. The molecule has 9 heteroatoms. The van der Waals surface area contributed by atoms with Crippen molar-refractivity contribution in [3.63, 3.8) is 0 Å². The number of carbonyl (C=O) groups excluding carboxylic acids is 1. The number of pyridine rings is 1. The van der Waals surface area contributed by atoms with Crippen molar-refractivity contribution < 1.29 is 17.9 Å². The number of hydrogen-bond acceptors (Lipinski definition) is 5. The Morgan fingerprint density at radius 1 is 1.07 bits per heavy atom. The molecule has 0 bridgehead atoms. The fourth-order valence-corrected chi connectivity index (χ4v) is 3.97. The minimum atomic E-state index is -3.91. The summed E-state index contributed by atoms with van der Waals surface area (Å²) in [6.07, 6.45) is 0. The summed E-state index contributed by atoms with van der Waals surface area (Å²) >= 11 is 0. The molecule has 1 aliphatic heterocycles. The Bertz CT molecular complexity index is 1020. The topological polar surface area (TPSA) is 97.7 Å². The Morgan fingerprint density at radius 3 is 2.36 bits per heavy atom. The number of hydrogen-bond donors (Lipinski definition) is 1. The van der Waals surface area contributed by atoms with E-state index in [1.807, 2.05) is 6.92 Å². The third-order valence-corrected chi connectivity index (χ3v) is 6.01. The van der Waals surface area contributed by atoms with Gasteiger partial charge in [0.2, 0.25) is 5.91 Å². The van der Waals surface area contributed by atoms with Gasteiger partial charge in [-0.25, -0.2) is 8.42 Å². The third kappa shape index (κ3) is 4.42. The summed E-state index contributed by atoms with van der Waals surface area (Å²) in [6, 6.07) is 9.35. The maximum atomic E-state index is 12.8. The van der Waals surface area contributed by atoms with Gasteiger partial charge in [0.05, 0.1) is 18.1 Å². The molecule has 0 saturated carbocycles. The molecule has 0 spiro atoms. The van der Waals surface area contributed by atoms with Gasteiger partial charge < -0.3 is 14.2 Å². The number of sulfonamides is 1. The van der Waals surface area contributed by atoms with Gasteiger partial charge in [-0.1, -0.05) is 17.7 Å². The van der Waals surface area contributed by atoms with E-state index in [1.165, 1.54) is 22.8 Å². The minimum Gasteiger partial charge on any atom is -0.378 e. The Labute approximate surface area is 163 Å². The smallest absolute Gasteiger partial charge is 0.275 e. The summed E-state index contributed by atoms with van der Waals surface area (Å²) in [7, 11) is -3.91. The normalized spacial score (nSPS) is 14.7. The molecule has 150 valence electrons. The number of nitrogens with zero attached hydrogens (tertiary/aromatic N) is 2. The van der Waals surface area contributed by atoms with Gasteiger partial charge in [0.25, 0.3) is 15.6 Å². The number of anilines is 1. The summed E-state index contributed by atoms with van der Waals surface area (Å²) < 4.78 is 34.0. The van der Waals surface area contributed by atoms with Crippen LogP contribution in [0.2, 0.25) is 0 Å². The lowest BCUT2D eigenvalue weighted by atomic mass is 10.2. The number of aromatic nitrogens is 1. The van der Waals surface area contributed by atoms with E-state index in [9.17, 15) is 18.0 Å². The van der Waals surface area contributed by atoms with Gasteiger partial charge in [-0.15, -0.1) is 0 Å². The van der Waals surface area contributed by atoms with Crippen molar-refractivity contribution in [3.8, 4) is 0 Å². The van der Waals surface area contributed by atoms with Crippen LogP contribution in [0.1, 0.15) is 11.3 Å². The number of benzene rings is 1. The molecule has 0 atom stereocenters. The van der Waals surface area contributed by atoms with Gasteiger partial charge in [-0.05, 0) is 38.1 Å². The van der Waals surface area contributed by atoms with Crippen LogP contribution in [0.25, 0.3) is 0 Å². The van der Waals surface area contributed by atoms with E-state index in [0.29, 0.717) is 32.0 Å². The van der Waals surface area contributed by atoms with Crippen molar-refractivity contribution in [3.05, 3.63) is 58.0 Å². The van der Waals surface area contributed by atoms with Crippen LogP contribution in [0.3, 0.4) is 0 Å². The van der Waals surface area contributed by atoms with Crippen molar-refractivity contribution >= 4 is 21.6 Å². The van der Waals surface area contributed by atoms with E-state index in [0.717, 1.165) is 5.56 Å². The van der Waals surface area contributed by atoms with Crippen LogP contribution in [0.4, 0.5) is 5.69 Å². The molecular formula is C19H23N3O5S. The number of rotatable bonds is 5. The number of carbonyl (C=O) groups is 1. The van der Waals surface area contributed by atoms with Gasteiger partial charge in [-0.3, -0.25) is 14.3 Å². The van der Waals surface area contributed by atoms with Gasteiger partial charge in [-0.2, -0.15) is 0 Å². The van der Waals surface area contributed by atoms with Crippen molar-refractivity contribution in [1.82, 2.24) is 9.47 Å². The van der Waals surface area contributed by atoms with Gasteiger partial charge >= 0.3 is 0 Å². The second-order valence-corrected chi connectivity index (χ2v) is 8.37. The quantitative estimate of drug-likeness (QED) is 0.804. The SMILES string of the molecule is Cc1ccc(S(=O)(=O)Nc2ccc(C)n(CC(=O)N3CCOCC3)c2=O)cc1. The monoisotopic (exact) mass is 405 g/mol. The molecule has 2 aromatic rings. The largest absolute Gasteiger partial charge is 0.378 e. The molecule has 1 aromatic carbocycles. The summed E-state index contributed by atoms with van der Waals surface area (Å²) in [5, 5.41) is 0. The van der Waals surface area contributed by atoms with Crippen LogP contribution in [-0.4, -0.2) is 50.1 Å². The molecule has 1 aromatic heterocycles. The van der Waals surface area contributed by atoms with Crippen molar-refractivity contribution in [2.75, 3.05) is 31.0 Å². The minimum absolute atomic E-state index is 0.0639. The summed E-state index contributed by atoms with van der Waals surface area (Å²) in [6.45, 7) is 5.30. The highest BCUT2D eigenvalue weighted by molar-refractivity contribution is 7.92. The first-order valence-electron chi connectivity index (χ1n) is 8.93. The Morgan fingerprint density at radius 2 is 1.71 bits per heavy atom. The highest BCUT2D eigenvalue weighted by atomic mass is 32.2. The molecule has 1 fully saturated rings. The summed E-state index contributed by atoms with van der Waals surface area (Å²) in [4.78, 5) is 27.0. The molecular weight excluding hydrogens is 382 g/mol. The van der Waals surface area contributed by atoms with Crippen molar-refractivity contribution in [2.24, 2.45) is 0 Å². The zero-order valence-electron chi connectivity index (χ0n) is 15.8. The number of morpholine rings is 1. The molecule has 0 aliphatic carbocycles. The molecule has 0 unspecified atom stereocenters. The first kappa shape index (κ1) is 20.1. The molecule has 1 saturated heterocycles. The molecule has 3 rings (SSSR count). The zero-order valence-corrected chi connectivity index (χ0v) is 16.7. The Balaban J connectivity index is 1.85. The lowest BCUT2D eigenvalue weighted by molar-refractivity contribution is -0.135. The highest BCUT2D eigenvalue weighted by Gasteiger charge is 2.21. The van der Waals surface area contributed by atoms with E-state index < -0.39 is 15.6 Å². The highest BCUT2D eigenvalue weighted by Crippen LogP contribution is 2.15. The third-order valence-electron chi connectivity index (χ3n) is 4.63. The van der Waals surface area contributed by atoms with Crippen LogP contribution in [0.15, 0.2) is 46.1 Å². The molecule has 1 N–H and O–H groups in total. The fourth-order valence-electron chi connectivity index (χ4n) is 2.91. The predicted octanol–water partition coefficient (Wildman–Crippen LogP) is 1.12. The lowest BCUT2D eigenvalue weighted by Crippen LogP contribution is -2.43. The molecule has 28 heavy (non-hydrogen) atoms. The Hall–Kier alpha value is -2.65. The summed E-state index contributed by atoms with van der Waals surface area (Å²) in [5.41, 5.74) is 0.849. The second-order valence-electron chi connectivity index (χ2n) is 6.69. The molecule has 2 heterocycles. The van der Waals surface area contributed by atoms with E-state index in [4.69, 9.17) is 4.74 Å². The van der Waals surface area contributed by atoms with E-state index in [1.54, 1.807) is 30.0 Å². The fraction of sp³-hybridized carbons (Fsp3) is 0.368. The zero-order chi connectivity index (χ0) is 20.3. The van der Waals surface area contributed by atoms with Gasteiger partial charge in [0.1, 0.15) is 12.2 Å². The van der Waals surface area contributed by atoms with Crippen molar-refractivity contribution in [2.45, 2.75) is 25.3 Å². The van der Waals surface area contributed by atoms with Crippen LogP contribution < -0.4 is 10.3 Å². The molecule has 1 amide bonds. The maximum absolute atomic E-state index is 12.8. The van der Waals surface area contributed by atoms with Crippen molar-refractivity contribution in [1.29, 1.82) is 0 Å². The number of nitrogens with one attached hydrogen (secondary N) is 1. The van der Waals surface area contributed by atoms with Gasteiger partial charge in [0.15, 0.2) is 0 Å². The van der Waals surface area contributed by atoms with Crippen LogP contribution in [0.5, 0.6) is 0 Å². The molecule has 8 nitrogen and oxygen atoms in total. The average molecular weight is 405 g/mol. The van der Waals surface area contributed by atoms with E-state index in [2.05, 4.69) is 4.72 Å². The van der Waals surface area contributed by atoms with E-state index >= 15 is 0 Å². The number of amides is 1. The van der Waals surface area contributed by atoms with Crippen LogP contribution >= 0.6 is 0 Å². The van der Waals surface area contributed by atoms with E-state index in [-0.39, 0.29) is 23.0 Å². The second kappa shape index (κ2) is 8.15. The van der Waals surface area contributed by atoms with Crippen LogP contribution in [0, 0.1) is 13.8 Å². The summed E-state index contributed by atoms with van der Waals surface area (Å²) in [5.74, 6) is -0.202. The lowest BCUT2D eigenvalue weighted by Gasteiger charge is -2.27.